The third kappa shape index (κ3) is 8.49. The van der Waals surface area contributed by atoms with Crippen molar-refractivity contribution in [3.63, 3.8) is 0 Å². The van der Waals surface area contributed by atoms with Gasteiger partial charge in [-0.1, -0.05) is 0 Å². The van der Waals surface area contributed by atoms with Gasteiger partial charge in [0.25, 0.3) is 0 Å². The Bertz CT molecular complexity index is 3400. The number of aliphatic hydroxyl groups excluding tert-OH is 5. The maximum absolute atomic E-state index is 12.5. The molecule has 16 atom stereocenters. The van der Waals surface area contributed by atoms with Gasteiger partial charge in [-0.25, -0.2) is 58.6 Å². The maximum Gasteiger partial charge on any atom is 0.481 e. The average molecular weight is 1140 g/mol. The number of aliphatic hydroxyl groups is 5. The number of nitrogens with one attached hydrogen (secondary N) is 3. The molecule has 36 heteroatoms. The molecule has 13 N–H and O–H groups in total. The molecule has 0 bridgehead atoms. The molecule has 0 aliphatic heterocycles. The summed E-state index contributed by atoms with van der Waals surface area (Å²) < 4.78 is 68.0. The largest absolute Gasteiger partial charge is 0.481 e. The number of fused-ring (bicyclic) bond motifs is 6. The minimum absolute atomic E-state index is 0.171. The molecule has 6 saturated carbocycles. The van der Waals surface area contributed by atoms with E-state index in [1.807, 2.05) is 0 Å². The van der Waals surface area contributed by atoms with Gasteiger partial charge in [0, 0.05) is 23.3 Å². The summed E-state index contributed by atoms with van der Waals surface area (Å²) in [7, 11) is -14.1. The zero-order chi connectivity index (χ0) is 54.2. The molecule has 0 saturated heterocycles. The normalized spacial score (nSPS) is 35.1. The number of ether oxygens (including phenoxy) is 2. The van der Waals surface area contributed by atoms with Crippen molar-refractivity contribution in [2.45, 2.75) is 86.9 Å². The molecule has 2 unspecified atom stereocenters. The standard InChI is InChI=1S/C41H54N15O18P3/c1-42-33-21-36(46-10-43-33)56(14-49-21)26-20-6-41(20,9-73-77(68,69)74-76(65,66)67)32(61)29(26)71-17-53-35-23-38(48-12-45-35)55(15-51-23)25-19-3-5-40(19,8-72-75(62,63)64)31(60)28(25)70-16-52-34-22-37(47-11-44-34)54(13-50-22)24-18-2-4-39(18,7-57)30(59)27(24)58/h10-15,18-20,24-32,57-61H,2-9,16-17H2,1H3,(H,68,69)(H,42,43,46)(H,44,47,52)(H,45,48,53)(H2,62,63,64)(H2,65,66,67)/t18-,19-,20?,24-,25-,26-,27+,28+,29+,30+,31+,32+,39+,40+,41+/m1/s1. The van der Waals surface area contributed by atoms with Crippen LogP contribution in [-0.2, 0) is 36.5 Å². The summed E-state index contributed by atoms with van der Waals surface area (Å²) in [5, 5.41) is 65.5. The van der Waals surface area contributed by atoms with Gasteiger partial charge in [0.15, 0.2) is 34.4 Å². The molecule has 12 rings (SSSR count). The van der Waals surface area contributed by atoms with Crippen LogP contribution in [0.2, 0.25) is 0 Å². The Balaban J connectivity index is 0.793. The van der Waals surface area contributed by atoms with Gasteiger partial charge in [0.2, 0.25) is 0 Å². The third-order valence-corrected chi connectivity index (χ3v) is 19.9. The van der Waals surface area contributed by atoms with E-state index < -0.39 is 120 Å². The highest BCUT2D eigenvalue weighted by Gasteiger charge is 2.73. The van der Waals surface area contributed by atoms with Crippen LogP contribution in [0.4, 0.5) is 17.5 Å². The summed E-state index contributed by atoms with van der Waals surface area (Å²) in [5.74, 6) is -0.366. The summed E-state index contributed by atoms with van der Waals surface area (Å²) >= 11 is 0. The van der Waals surface area contributed by atoms with Gasteiger partial charge < -0.3 is 89.1 Å². The zero-order valence-electron chi connectivity index (χ0n) is 40.4. The second kappa shape index (κ2) is 18.9. The Labute approximate surface area is 433 Å². The van der Waals surface area contributed by atoms with Crippen LogP contribution in [0.15, 0.2) is 38.0 Å². The van der Waals surface area contributed by atoms with Crippen LogP contribution in [0, 0.1) is 34.0 Å². The summed E-state index contributed by atoms with van der Waals surface area (Å²) in [6.07, 6.45) is 3.43. The number of phosphoric ester groups is 2. The fourth-order valence-corrected chi connectivity index (χ4v) is 15.5. The van der Waals surface area contributed by atoms with Crippen LogP contribution in [0.3, 0.4) is 0 Å². The van der Waals surface area contributed by atoms with E-state index in [1.54, 1.807) is 20.7 Å². The number of hydrogen-bond acceptors (Lipinski definition) is 25. The lowest BCUT2D eigenvalue weighted by Crippen LogP contribution is -2.49. The molecular weight excluding hydrogens is 1080 g/mol. The number of hydrogen-bond donors (Lipinski definition) is 13. The van der Waals surface area contributed by atoms with Crippen molar-refractivity contribution in [1.29, 1.82) is 0 Å². The van der Waals surface area contributed by atoms with Crippen LogP contribution in [0.1, 0.15) is 50.2 Å². The lowest BCUT2D eigenvalue weighted by Gasteiger charge is -2.47. The Morgan fingerprint density at radius 1 is 0.584 bits per heavy atom. The van der Waals surface area contributed by atoms with Crippen LogP contribution in [0.25, 0.3) is 33.5 Å². The summed E-state index contributed by atoms with van der Waals surface area (Å²) in [5.41, 5.74) is -1.29. The second-order valence-electron chi connectivity index (χ2n) is 20.6. The molecule has 0 spiro atoms. The van der Waals surface area contributed by atoms with Crippen molar-refractivity contribution in [2.75, 3.05) is 56.3 Å². The van der Waals surface area contributed by atoms with Crippen LogP contribution in [0.5, 0.6) is 0 Å². The summed E-state index contributed by atoms with van der Waals surface area (Å²) in [4.78, 5) is 88.1. The number of rotatable bonds is 21. The maximum atomic E-state index is 12.5. The van der Waals surface area contributed by atoms with E-state index in [-0.39, 0.29) is 55.2 Å². The predicted octanol–water partition coefficient (Wildman–Crippen LogP) is -0.708. The molecular formula is C41H54N15O18P3. The highest BCUT2D eigenvalue weighted by atomic mass is 31.3. The summed E-state index contributed by atoms with van der Waals surface area (Å²) in [6.45, 7) is -2.01. The van der Waals surface area contributed by atoms with E-state index in [4.69, 9.17) is 18.5 Å². The minimum atomic E-state index is -5.45. The molecule has 0 radical (unpaired) electrons. The SMILES string of the molecule is CNc1ncnc2c1ncn2[C@@H]1C2C[C@@]2(COP(=O)(O)OP(=O)(O)O)[C@@H](O)[C@H]1OCNc1ncnc2c1ncn2[C@H]1[C@H](OCNc2ncnc3c2ncn3[C@H]2[C@H](O)[C@H](O)[C@]3(CO)CC[C@H]23)[C@H](O)[C@]2(COP(=O)(O)O)CC[C@H]12. The van der Waals surface area contributed by atoms with Gasteiger partial charge in [-0.05, 0) is 49.9 Å². The van der Waals surface area contributed by atoms with Crippen LogP contribution >= 0.6 is 23.5 Å². The Morgan fingerprint density at radius 2 is 1.05 bits per heavy atom. The predicted molar refractivity (Wildman–Crippen MR) is 258 cm³/mol. The van der Waals surface area contributed by atoms with Gasteiger partial charge in [-0.2, -0.15) is 4.31 Å². The van der Waals surface area contributed by atoms with Gasteiger partial charge in [0.1, 0.15) is 67.3 Å². The molecule has 33 nitrogen and oxygen atoms in total. The Hall–Kier alpha value is -4.86. The van der Waals surface area contributed by atoms with Crippen molar-refractivity contribution in [1.82, 2.24) is 58.6 Å². The molecule has 6 aliphatic carbocycles. The summed E-state index contributed by atoms with van der Waals surface area (Å²) in [6, 6.07) is -2.09. The zero-order valence-corrected chi connectivity index (χ0v) is 43.1. The highest BCUT2D eigenvalue weighted by Crippen LogP contribution is 2.71. The average Bonchev–Trinajstić information content (AvgIpc) is 4.04. The van der Waals surface area contributed by atoms with Crippen molar-refractivity contribution in [2.24, 2.45) is 34.0 Å². The van der Waals surface area contributed by atoms with Gasteiger partial charge >= 0.3 is 23.5 Å². The first-order valence-electron chi connectivity index (χ1n) is 24.3. The fraction of sp³-hybridized carbons (Fsp3) is 0.634. The third-order valence-electron chi connectivity index (χ3n) is 17.3. The van der Waals surface area contributed by atoms with E-state index >= 15 is 0 Å². The lowest BCUT2D eigenvalue weighted by atomic mass is 9.60. The fourth-order valence-electron chi connectivity index (χ4n) is 13.4. The first-order valence-corrected chi connectivity index (χ1v) is 28.9. The van der Waals surface area contributed by atoms with E-state index in [1.165, 1.54) is 38.0 Å². The number of aromatic nitrogens is 12. The molecule has 6 fully saturated rings. The molecule has 0 aromatic carbocycles. The molecule has 77 heavy (non-hydrogen) atoms. The Morgan fingerprint density at radius 3 is 1.52 bits per heavy atom. The molecule has 6 heterocycles. The molecule has 6 aromatic rings. The quantitative estimate of drug-likeness (QED) is 0.0313. The number of imidazole rings is 3. The second-order valence-corrected chi connectivity index (χ2v) is 24.7. The topological polar surface area (TPSA) is 467 Å². The molecule has 6 aromatic heterocycles. The van der Waals surface area contributed by atoms with Crippen molar-refractivity contribution in [3.05, 3.63) is 38.0 Å². The van der Waals surface area contributed by atoms with Crippen LogP contribution < -0.4 is 16.0 Å². The molecule has 416 valence electrons. The number of anilines is 3. The molecule has 6 aliphatic rings. The van der Waals surface area contributed by atoms with E-state index in [0.717, 1.165) is 0 Å². The van der Waals surface area contributed by atoms with Gasteiger partial charge in [-0.3, -0.25) is 9.05 Å². The lowest BCUT2D eigenvalue weighted by molar-refractivity contribution is -0.106. The first-order chi connectivity index (χ1) is 36.7. The van der Waals surface area contributed by atoms with Crippen molar-refractivity contribution < 1.29 is 86.5 Å². The van der Waals surface area contributed by atoms with E-state index in [2.05, 4.69) is 65.1 Å². The van der Waals surface area contributed by atoms with Crippen LogP contribution in [-0.4, -0.2) is 186 Å². The van der Waals surface area contributed by atoms with E-state index in [0.29, 0.717) is 53.8 Å². The van der Waals surface area contributed by atoms with Crippen molar-refractivity contribution >= 4 is 74.4 Å². The van der Waals surface area contributed by atoms with Crippen molar-refractivity contribution in [3.8, 4) is 0 Å². The smallest absolute Gasteiger partial charge is 0.396 e. The Kier molecular flexibility index (Phi) is 13.0. The number of nitrogens with zero attached hydrogens (tertiary/aromatic N) is 12. The molecule has 0 amide bonds. The van der Waals surface area contributed by atoms with Gasteiger partial charge in [0.05, 0.1) is 75.2 Å². The first kappa shape index (κ1) is 52.8. The van der Waals surface area contributed by atoms with Gasteiger partial charge in [-0.15, -0.1) is 0 Å². The monoisotopic (exact) mass is 1140 g/mol. The van der Waals surface area contributed by atoms with E-state index in [9.17, 15) is 63.7 Å². The minimum Gasteiger partial charge on any atom is -0.396 e. The number of phosphoric acid groups is 3. The highest BCUT2D eigenvalue weighted by molar-refractivity contribution is 7.60.